The van der Waals surface area contributed by atoms with E-state index in [0.29, 0.717) is 41.9 Å². The molecule has 36 heavy (non-hydrogen) atoms. The Labute approximate surface area is 214 Å². The van der Waals surface area contributed by atoms with Gasteiger partial charge in [-0.2, -0.15) is 4.98 Å². The van der Waals surface area contributed by atoms with Crippen molar-refractivity contribution in [3.63, 3.8) is 0 Å². The van der Waals surface area contributed by atoms with E-state index in [1.807, 2.05) is 36.4 Å². The van der Waals surface area contributed by atoms with Gasteiger partial charge in [-0.25, -0.2) is 22.5 Å². The number of urea groups is 1. The minimum atomic E-state index is -3.27. The number of fused-ring (bicyclic) bond motifs is 6. The van der Waals surface area contributed by atoms with Crippen LogP contribution in [0, 0.1) is 0 Å². The minimum absolute atomic E-state index is 0.241. The summed E-state index contributed by atoms with van der Waals surface area (Å²) >= 11 is 6.33. The average molecular weight is 528 g/mol. The molecule has 0 radical (unpaired) electrons. The Kier molecular flexibility index (Phi) is 6.69. The zero-order chi connectivity index (χ0) is 25.3. The summed E-state index contributed by atoms with van der Waals surface area (Å²) in [6, 6.07) is 13.0. The second kappa shape index (κ2) is 9.92. The van der Waals surface area contributed by atoms with Gasteiger partial charge in [0.05, 0.1) is 12.5 Å². The van der Waals surface area contributed by atoms with Crippen LogP contribution in [0.5, 0.6) is 0 Å². The first kappa shape index (κ1) is 24.3. The van der Waals surface area contributed by atoms with E-state index in [9.17, 15) is 13.2 Å². The second-order valence-electron chi connectivity index (χ2n) is 8.92. The molecule has 6 bridgehead atoms. The van der Waals surface area contributed by atoms with Crippen LogP contribution in [0.4, 0.5) is 33.6 Å². The van der Waals surface area contributed by atoms with Gasteiger partial charge in [0.1, 0.15) is 5.02 Å². The quantitative estimate of drug-likeness (QED) is 0.407. The van der Waals surface area contributed by atoms with Crippen LogP contribution >= 0.6 is 11.6 Å². The summed E-state index contributed by atoms with van der Waals surface area (Å²) in [5.74, 6) is 0.889. The monoisotopic (exact) mass is 527 g/mol. The molecule has 0 aliphatic carbocycles. The number of halogens is 1. The van der Waals surface area contributed by atoms with Crippen LogP contribution in [-0.2, 0) is 22.9 Å². The first-order valence-electron chi connectivity index (χ1n) is 11.5. The van der Waals surface area contributed by atoms with Crippen LogP contribution in [-0.4, -0.2) is 54.1 Å². The van der Waals surface area contributed by atoms with Crippen LogP contribution in [0.25, 0.3) is 0 Å². The third kappa shape index (κ3) is 5.69. The molecule has 1 atom stereocenters. The molecule has 12 heteroatoms. The first-order valence-corrected chi connectivity index (χ1v) is 13.8. The maximum atomic E-state index is 12.8. The van der Waals surface area contributed by atoms with Crippen molar-refractivity contribution in [2.24, 2.45) is 0 Å². The van der Waals surface area contributed by atoms with Crippen molar-refractivity contribution < 1.29 is 13.2 Å². The molecule has 1 saturated heterocycles. The second-order valence-corrected chi connectivity index (χ2v) is 11.3. The van der Waals surface area contributed by atoms with E-state index in [1.165, 1.54) is 16.8 Å². The van der Waals surface area contributed by atoms with Crippen LogP contribution < -0.4 is 21.3 Å². The number of nitrogens with zero attached hydrogens (tertiary/aromatic N) is 3. The third-order valence-electron chi connectivity index (χ3n) is 6.18. The molecule has 0 spiro atoms. The molecule has 5 rings (SSSR count). The summed E-state index contributed by atoms with van der Waals surface area (Å²) in [5, 5.41) is 12.7. The number of rotatable bonds is 3. The molecule has 1 fully saturated rings. The lowest BCUT2D eigenvalue weighted by atomic mass is 10.0. The fourth-order valence-corrected chi connectivity index (χ4v) is 5.38. The van der Waals surface area contributed by atoms with Gasteiger partial charge in [-0.1, -0.05) is 23.7 Å². The molecule has 10 nitrogen and oxygen atoms in total. The Morgan fingerprint density at radius 2 is 1.97 bits per heavy atom. The van der Waals surface area contributed by atoms with Crippen LogP contribution in [0.2, 0.25) is 5.02 Å². The summed E-state index contributed by atoms with van der Waals surface area (Å²) in [4.78, 5) is 21.5. The average Bonchev–Trinajstić information content (AvgIpc) is 3.30. The highest BCUT2D eigenvalue weighted by Crippen LogP contribution is 2.29. The van der Waals surface area contributed by atoms with E-state index in [1.54, 1.807) is 0 Å². The maximum Gasteiger partial charge on any atom is 0.319 e. The summed E-state index contributed by atoms with van der Waals surface area (Å²) in [6.45, 7) is 0.671. The van der Waals surface area contributed by atoms with E-state index in [0.717, 1.165) is 28.9 Å². The Morgan fingerprint density at radius 1 is 1.14 bits per heavy atom. The number of hydrogen-bond acceptors (Lipinski definition) is 7. The highest BCUT2D eigenvalue weighted by molar-refractivity contribution is 7.88. The van der Waals surface area contributed by atoms with E-state index in [2.05, 4.69) is 37.3 Å². The van der Waals surface area contributed by atoms with Crippen molar-refractivity contribution in [3.8, 4) is 0 Å². The molecule has 2 aliphatic heterocycles. The number of nitrogens with one attached hydrogen (secondary N) is 4. The Hall–Kier alpha value is -3.41. The number of carbonyl (C=O) groups excluding carboxylic acids is 1. The maximum absolute atomic E-state index is 12.8. The molecule has 2 aromatic carbocycles. The van der Waals surface area contributed by atoms with Crippen LogP contribution in [0.15, 0.2) is 48.7 Å². The lowest BCUT2D eigenvalue weighted by Crippen LogP contribution is -2.40. The van der Waals surface area contributed by atoms with Gasteiger partial charge >= 0.3 is 6.03 Å². The fraction of sp³-hybridized carbons (Fsp3) is 0.292. The molecule has 2 amide bonds. The number of carbonyl (C=O) groups is 1. The molecular weight excluding hydrogens is 502 g/mol. The van der Waals surface area contributed by atoms with Crippen LogP contribution in [0.1, 0.15) is 17.5 Å². The minimum Gasteiger partial charge on any atom is -0.339 e. The van der Waals surface area contributed by atoms with Crippen molar-refractivity contribution in [1.29, 1.82) is 0 Å². The zero-order valence-electron chi connectivity index (χ0n) is 19.6. The van der Waals surface area contributed by atoms with Gasteiger partial charge in [-0.3, -0.25) is 0 Å². The predicted octanol–water partition coefficient (Wildman–Crippen LogP) is 3.87. The summed E-state index contributed by atoms with van der Waals surface area (Å²) in [7, 11) is -3.27. The molecule has 1 aromatic heterocycles. The highest BCUT2D eigenvalue weighted by atomic mass is 35.5. The standard InChI is InChI=1S/C24H26ClN7O3S/c1-36(34,35)32-10-9-19(14-32)29-24(33)30-21-8-7-18-12-16(21)6-5-15-3-2-4-17(11-15)28-23-26-13-20(25)22(27-18)31-23/h2-4,7-8,11-13,19H,5-6,9-10,14H2,1H3,(H2,29,30,33)(H2,26,27,28,31)/t19-/m1/s1. The molecule has 188 valence electrons. The number of aromatic nitrogens is 2. The van der Waals surface area contributed by atoms with Crippen molar-refractivity contribution in [2.75, 3.05) is 35.3 Å². The van der Waals surface area contributed by atoms with E-state index >= 15 is 0 Å². The summed E-state index contributed by atoms with van der Waals surface area (Å²) in [6.07, 6.45) is 4.72. The zero-order valence-corrected chi connectivity index (χ0v) is 21.2. The largest absolute Gasteiger partial charge is 0.339 e. The van der Waals surface area contributed by atoms with Gasteiger partial charge < -0.3 is 21.3 Å². The van der Waals surface area contributed by atoms with Gasteiger partial charge in [-0.15, -0.1) is 0 Å². The van der Waals surface area contributed by atoms with E-state index in [-0.39, 0.29) is 18.6 Å². The van der Waals surface area contributed by atoms with Gasteiger partial charge in [0.25, 0.3) is 0 Å². The molecule has 0 saturated carbocycles. The van der Waals surface area contributed by atoms with Crippen molar-refractivity contribution in [3.05, 3.63) is 64.8 Å². The highest BCUT2D eigenvalue weighted by Gasteiger charge is 2.29. The molecule has 4 N–H and O–H groups in total. The first-order chi connectivity index (χ1) is 17.2. The number of sulfonamides is 1. The molecule has 2 aliphatic rings. The number of hydrogen-bond donors (Lipinski definition) is 4. The fourth-order valence-electron chi connectivity index (χ4n) is 4.36. The normalized spacial score (nSPS) is 17.6. The molecular formula is C24H26ClN7O3S. The van der Waals surface area contributed by atoms with E-state index in [4.69, 9.17) is 11.6 Å². The topological polar surface area (TPSA) is 128 Å². The smallest absolute Gasteiger partial charge is 0.319 e. The lowest BCUT2D eigenvalue weighted by molar-refractivity contribution is 0.248. The number of amides is 2. The lowest BCUT2D eigenvalue weighted by Gasteiger charge is -2.17. The Balaban J connectivity index is 1.38. The van der Waals surface area contributed by atoms with E-state index < -0.39 is 10.0 Å². The molecule has 3 heterocycles. The number of aryl methyl sites for hydroxylation is 2. The van der Waals surface area contributed by atoms with Gasteiger partial charge in [0.15, 0.2) is 5.82 Å². The van der Waals surface area contributed by atoms with Gasteiger partial charge in [0, 0.05) is 36.2 Å². The van der Waals surface area contributed by atoms with Crippen molar-refractivity contribution in [1.82, 2.24) is 19.6 Å². The van der Waals surface area contributed by atoms with Gasteiger partial charge in [-0.05, 0) is 60.7 Å². The number of anilines is 5. The Bertz CT molecular complexity index is 1420. The van der Waals surface area contributed by atoms with Crippen molar-refractivity contribution >= 4 is 56.5 Å². The summed E-state index contributed by atoms with van der Waals surface area (Å²) in [5.41, 5.74) is 4.36. The predicted molar refractivity (Wildman–Crippen MR) is 141 cm³/mol. The SMILES string of the molecule is CS(=O)(=O)N1CC[C@@H](NC(=O)Nc2ccc3cc2CCc2cccc(c2)Nc2ncc(Cl)c(n2)N3)C1. The molecule has 3 aromatic rings. The Morgan fingerprint density at radius 3 is 2.78 bits per heavy atom. The van der Waals surface area contributed by atoms with Crippen LogP contribution in [0.3, 0.4) is 0 Å². The number of benzene rings is 2. The molecule has 0 unspecified atom stereocenters. The van der Waals surface area contributed by atoms with Crippen molar-refractivity contribution in [2.45, 2.75) is 25.3 Å². The van der Waals surface area contributed by atoms with Gasteiger partial charge in [0.2, 0.25) is 16.0 Å². The summed E-state index contributed by atoms with van der Waals surface area (Å²) < 4.78 is 24.9. The third-order valence-corrected chi connectivity index (χ3v) is 7.73.